The van der Waals surface area contributed by atoms with Gasteiger partial charge in [0.25, 0.3) is 0 Å². The Morgan fingerprint density at radius 2 is 2.16 bits per heavy atom. The molecule has 2 bridgehead atoms. The first-order chi connectivity index (χ1) is 11.7. The summed E-state index contributed by atoms with van der Waals surface area (Å²) in [7, 11) is 0. The van der Waals surface area contributed by atoms with E-state index < -0.39 is 0 Å². The molecule has 4 aliphatic rings. The lowest BCUT2D eigenvalue weighted by molar-refractivity contribution is -0.940. The number of aldehydes is 1. The Hall–Kier alpha value is -1.14. The number of halogens is 1. The lowest BCUT2D eigenvalue weighted by Crippen LogP contribution is -3.00. The Morgan fingerprint density at radius 3 is 2.88 bits per heavy atom. The van der Waals surface area contributed by atoms with Crippen molar-refractivity contribution in [3.63, 3.8) is 0 Å². The van der Waals surface area contributed by atoms with Crippen LogP contribution >= 0.6 is 0 Å². The highest BCUT2D eigenvalue weighted by Crippen LogP contribution is 2.63. The van der Waals surface area contributed by atoms with Gasteiger partial charge in [0.1, 0.15) is 18.9 Å². The maximum atomic E-state index is 12.1. The van der Waals surface area contributed by atoms with Gasteiger partial charge in [-0.25, -0.2) is 0 Å². The second kappa shape index (κ2) is 5.68. The van der Waals surface area contributed by atoms with E-state index in [-0.39, 0.29) is 29.4 Å². The first-order valence-electron chi connectivity index (χ1n) is 9.27. The number of allylic oxidation sites excluding steroid dienone is 2. The molecule has 0 saturated carbocycles. The van der Waals surface area contributed by atoms with Crippen LogP contribution in [0.1, 0.15) is 32.3 Å². The van der Waals surface area contributed by atoms with Crippen molar-refractivity contribution in [3.05, 3.63) is 52.7 Å². The number of hydrogen-bond donors (Lipinski definition) is 1. The second-order valence-corrected chi connectivity index (χ2v) is 7.92. The normalized spacial score (nSPS) is 38.7. The van der Waals surface area contributed by atoms with E-state index in [1.54, 1.807) is 0 Å². The second-order valence-electron chi connectivity index (χ2n) is 7.92. The van der Waals surface area contributed by atoms with E-state index in [2.05, 4.69) is 49.5 Å². The van der Waals surface area contributed by atoms with Crippen LogP contribution in [-0.4, -0.2) is 36.4 Å². The number of carbonyl (C=O) groups is 1. The minimum absolute atomic E-state index is 0. The van der Waals surface area contributed by atoms with E-state index >= 15 is 0 Å². The van der Waals surface area contributed by atoms with Gasteiger partial charge in [-0.05, 0) is 31.1 Å². The van der Waals surface area contributed by atoms with Crippen LogP contribution < -0.4 is 29.3 Å². The smallest absolute Gasteiger partial charge is 0.148 e. The van der Waals surface area contributed by atoms with E-state index in [9.17, 15) is 4.79 Å². The van der Waals surface area contributed by atoms with Crippen molar-refractivity contribution < 1.29 is 33.3 Å². The molecular formula is C21H25IN2O. The Morgan fingerprint density at radius 1 is 1.36 bits per heavy atom. The molecule has 132 valence electrons. The minimum Gasteiger partial charge on any atom is -1.00 e. The number of fused-ring (bicyclic) bond motifs is 2. The Bertz CT molecular complexity index is 814. The van der Waals surface area contributed by atoms with Crippen LogP contribution in [0.25, 0.3) is 0 Å². The van der Waals surface area contributed by atoms with E-state index in [1.807, 2.05) is 0 Å². The van der Waals surface area contributed by atoms with E-state index in [1.165, 1.54) is 40.1 Å². The molecule has 3 nitrogen and oxygen atoms in total. The van der Waals surface area contributed by atoms with Gasteiger partial charge < -0.3 is 33.8 Å². The van der Waals surface area contributed by atoms with Gasteiger partial charge in [0.2, 0.25) is 0 Å². The lowest BCUT2D eigenvalue weighted by atomic mass is 9.61. The SMILES string of the molecule is C/C=C1\C[N+]2(CC)CCC34C(=C(C=O)[C@H]1CC32)Nc1ccccc14.[I-]. The standard InChI is InChI=1S/C21H24N2O.HI/c1-3-14-12-23(4-2)10-9-21-17-7-5-6-8-18(17)22-20(21)16(13-24)15(14)11-19(21)23;/h3,5-8,13,15,19H,4,9-12H2,1-2H3;1H/b14-3+;/t15-,19?,21?,23?;/m0./s1. The van der Waals surface area contributed by atoms with Crippen molar-refractivity contribution in [1.82, 2.24) is 0 Å². The molecule has 2 fully saturated rings. The van der Waals surface area contributed by atoms with Crippen molar-refractivity contribution in [1.29, 1.82) is 0 Å². The third kappa shape index (κ3) is 1.87. The van der Waals surface area contributed by atoms with Gasteiger partial charge >= 0.3 is 0 Å². The van der Waals surface area contributed by atoms with Crippen LogP contribution in [0.15, 0.2) is 47.2 Å². The fourth-order valence-electron chi connectivity index (χ4n) is 6.37. The number of nitrogens with zero attached hydrogens (tertiary/aromatic N) is 1. The number of piperidine rings is 1. The fraction of sp³-hybridized carbons (Fsp3) is 0.476. The summed E-state index contributed by atoms with van der Waals surface area (Å²) in [6.45, 7) is 8.01. The molecule has 1 spiro atoms. The van der Waals surface area contributed by atoms with E-state index in [0.29, 0.717) is 12.0 Å². The summed E-state index contributed by atoms with van der Waals surface area (Å²) in [4.78, 5) is 12.1. The zero-order chi connectivity index (χ0) is 16.5. The Labute approximate surface area is 166 Å². The predicted molar refractivity (Wildman–Crippen MR) is 95.6 cm³/mol. The quantitative estimate of drug-likeness (QED) is 0.307. The van der Waals surface area contributed by atoms with Gasteiger partial charge in [-0.2, -0.15) is 0 Å². The minimum atomic E-state index is 0. The van der Waals surface area contributed by atoms with Crippen molar-refractivity contribution in [3.8, 4) is 0 Å². The largest absolute Gasteiger partial charge is 1.00 e. The molecule has 1 aromatic rings. The molecule has 1 aromatic carbocycles. The highest BCUT2D eigenvalue weighted by Gasteiger charge is 2.67. The number of rotatable bonds is 2. The lowest BCUT2D eigenvalue weighted by Gasteiger charge is -2.53. The molecule has 0 amide bonds. The van der Waals surface area contributed by atoms with Gasteiger partial charge in [0, 0.05) is 35.7 Å². The number of carbonyl (C=O) groups excluding carboxylic acids is 1. The first-order valence-corrected chi connectivity index (χ1v) is 9.27. The Kier molecular flexibility index (Phi) is 3.93. The van der Waals surface area contributed by atoms with Crippen LogP contribution in [0.3, 0.4) is 0 Å². The van der Waals surface area contributed by atoms with Crippen LogP contribution in [-0.2, 0) is 10.2 Å². The molecule has 0 radical (unpaired) electrons. The van der Waals surface area contributed by atoms with Gasteiger partial charge in [0.15, 0.2) is 0 Å². The third-order valence-corrected chi connectivity index (χ3v) is 7.49. The van der Waals surface area contributed by atoms with Crippen LogP contribution in [0, 0.1) is 5.92 Å². The molecule has 3 unspecified atom stereocenters. The van der Waals surface area contributed by atoms with Crippen molar-refractivity contribution in [2.75, 3.05) is 25.0 Å². The summed E-state index contributed by atoms with van der Waals surface area (Å²) in [5.74, 6) is 0.318. The van der Waals surface area contributed by atoms with Gasteiger partial charge in [-0.15, -0.1) is 0 Å². The first kappa shape index (κ1) is 17.3. The molecule has 1 aliphatic carbocycles. The molecular weight excluding hydrogens is 423 g/mol. The van der Waals surface area contributed by atoms with Crippen molar-refractivity contribution in [2.24, 2.45) is 5.92 Å². The van der Waals surface area contributed by atoms with Crippen molar-refractivity contribution >= 4 is 12.0 Å². The average Bonchev–Trinajstić information content (AvgIpc) is 3.15. The highest BCUT2D eigenvalue weighted by molar-refractivity contribution is 5.84. The highest BCUT2D eigenvalue weighted by atomic mass is 127. The van der Waals surface area contributed by atoms with Gasteiger partial charge in [-0.1, -0.05) is 24.3 Å². The van der Waals surface area contributed by atoms with Crippen LogP contribution in [0.4, 0.5) is 5.69 Å². The summed E-state index contributed by atoms with van der Waals surface area (Å²) < 4.78 is 1.20. The van der Waals surface area contributed by atoms with Crippen LogP contribution in [0.5, 0.6) is 0 Å². The molecule has 0 aromatic heterocycles. The summed E-state index contributed by atoms with van der Waals surface area (Å²) >= 11 is 0. The van der Waals surface area contributed by atoms with Crippen LogP contribution in [0.2, 0.25) is 0 Å². The van der Waals surface area contributed by atoms with Crippen molar-refractivity contribution in [2.45, 2.75) is 38.1 Å². The zero-order valence-corrected chi connectivity index (χ0v) is 17.0. The summed E-state index contributed by atoms with van der Waals surface area (Å²) in [6, 6.07) is 9.33. The average molecular weight is 448 g/mol. The zero-order valence-electron chi connectivity index (χ0n) is 14.9. The summed E-state index contributed by atoms with van der Waals surface area (Å²) in [5, 5.41) is 3.68. The Balaban J connectivity index is 0.00000157. The maximum Gasteiger partial charge on any atom is 0.148 e. The topological polar surface area (TPSA) is 29.1 Å². The number of likely N-dealkylation sites (N-methyl/N-ethyl adjacent to an activating group) is 1. The molecule has 3 heterocycles. The fourth-order valence-corrected chi connectivity index (χ4v) is 6.37. The van der Waals surface area contributed by atoms with Gasteiger partial charge in [-0.3, -0.25) is 4.79 Å². The molecule has 5 rings (SSSR count). The van der Waals surface area contributed by atoms with Gasteiger partial charge in [0.05, 0.1) is 18.5 Å². The molecule has 1 N–H and O–H groups in total. The molecule has 25 heavy (non-hydrogen) atoms. The number of hydrogen-bond acceptors (Lipinski definition) is 2. The molecule has 3 aliphatic heterocycles. The number of para-hydroxylation sites is 1. The predicted octanol–water partition coefficient (Wildman–Crippen LogP) is 0.396. The van der Waals surface area contributed by atoms with E-state index in [0.717, 1.165) is 31.2 Å². The number of benzene rings is 1. The molecule has 4 heteroatoms. The number of quaternary nitrogens is 1. The molecule has 2 saturated heterocycles. The molecule has 4 atom stereocenters. The number of anilines is 1. The maximum absolute atomic E-state index is 12.1. The van der Waals surface area contributed by atoms with E-state index in [4.69, 9.17) is 0 Å². The number of nitrogens with one attached hydrogen (secondary N) is 1. The monoisotopic (exact) mass is 448 g/mol. The summed E-state index contributed by atoms with van der Waals surface area (Å²) in [5.41, 5.74) is 6.41. The summed E-state index contributed by atoms with van der Waals surface area (Å²) in [6.07, 6.45) is 5.70. The third-order valence-electron chi connectivity index (χ3n) is 7.49.